The molecule has 5 nitrogen and oxygen atoms in total. The zero-order chi connectivity index (χ0) is 20.7. The van der Waals surface area contributed by atoms with Crippen molar-refractivity contribution in [1.29, 1.82) is 0 Å². The van der Waals surface area contributed by atoms with Crippen molar-refractivity contribution in [2.45, 2.75) is 11.3 Å². The van der Waals surface area contributed by atoms with Crippen LogP contribution in [-0.4, -0.2) is 27.4 Å². The number of halogens is 1. The van der Waals surface area contributed by atoms with Gasteiger partial charge < -0.3 is 5.32 Å². The van der Waals surface area contributed by atoms with E-state index in [2.05, 4.69) is 21.2 Å². The molecule has 0 unspecified atom stereocenters. The number of amides is 1. The largest absolute Gasteiger partial charge is 0.354 e. The smallest absolute Gasteiger partial charge is 0.264 e. The molecule has 0 aromatic heterocycles. The zero-order valence-electron chi connectivity index (χ0n) is 15.7. The van der Waals surface area contributed by atoms with E-state index in [4.69, 9.17) is 0 Å². The maximum absolute atomic E-state index is 13.2. The fourth-order valence-corrected chi connectivity index (χ4v) is 4.53. The Morgan fingerprint density at radius 3 is 2.07 bits per heavy atom. The molecule has 0 heterocycles. The molecule has 0 radical (unpaired) electrons. The number of hydrogen-bond acceptors (Lipinski definition) is 3. The van der Waals surface area contributed by atoms with Crippen molar-refractivity contribution < 1.29 is 13.2 Å². The highest BCUT2D eigenvalue weighted by Crippen LogP contribution is 2.25. The fraction of sp³-hybridized carbons (Fsp3) is 0.136. The van der Waals surface area contributed by atoms with Crippen LogP contribution in [0, 0.1) is 0 Å². The lowest BCUT2D eigenvalue weighted by Crippen LogP contribution is -2.41. The summed E-state index contributed by atoms with van der Waals surface area (Å²) in [5.41, 5.74) is 1.53. The summed E-state index contributed by atoms with van der Waals surface area (Å²) in [6.45, 7) is 0.135. The molecular formula is C22H21BrN2O3S. The molecule has 0 spiro atoms. The Bertz CT molecular complexity index is 1040. The van der Waals surface area contributed by atoms with Gasteiger partial charge in [-0.05, 0) is 48.4 Å². The second-order valence-electron chi connectivity index (χ2n) is 6.39. The molecule has 1 amide bonds. The minimum absolute atomic E-state index is 0.139. The molecule has 3 aromatic carbocycles. The van der Waals surface area contributed by atoms with E-state index in [0.29, 0.717) is 18.7 Å². The lowest BCUT2D eigenvalue weighted by atomic mass is 10.1. The Morgan fingerprint density at radius 2 is 1.45 bits per heavy atom. The number of benzene rings is 3. The Morgan fingerprint density at radius 1 is 0.862 bits per heavy atom. The summed E-state index contributed by atoms with van der Waals surface area (Å²) in [5, 5.41) is 2.81. The molecule has 0 atom stereocenters. The molecule has 7 heteroatoms. The Kier molecular flexibility index (Phi) is 7.06. The predicted octanol–water partition coefficient (Wildman–Crippen LogP) is 4.00. The SMILES string of the molecule is O=C(CN(c1ccc(Br)cc1)S(=O)(=O)c1ccccc1)NCCc1ccccc1. The predicted molar refractivity (Wildman–Crippen MR) is 118 cm³/mol. The molecule has 29 heavy (non-hydrogen) atoms. The molecular weight excluding hydrogens is 452 g/mol. The van der Waals surface area contributed by atoms with E-state index in [1.807, 2.05) is 30.3 Å². The Hall–Kier alpha value is -2.64. The first kappa shape index (κ1) is 21.1. The summed E-state index contributed by atoms with van der Waals surface area (Å²) in [7, 11) is -3.88. The molecule has 0 fully saturated rings. The quantitative estimate of drug-likeness (QED) is 0.538. The van der Waals surface area contributed by atoms with Crippen LogP contribution in [0.1, 0.15) is 5.56 Å². The summed E-state index contributed by atoms with van der Waals surface area (Å²) < 4.78 is 28.3. The van der Waals surface area contributed by atoms with E-state index in [0.717, 1.165) is 14.3 Å². The molecule has 3 rings (SSSR count). The van der Waals surface area contributed by atoms with Gasteiger partial charge in [0, 0.05) is 11.0 Å². The molecule has 1 N–H and O–H groups in total. The zero-order valence-corrected chi connectivity index (χ0v) is 18.1. The Labute approximate surface area is 179 Å². The normalized spacial score (nSPS) is 11.1. The van der Waals surface area contributed by atoms with Crippen LogP contribution in [0.15, 0.2) is 94.3 Å². The van der Waals surface area contributed by atoms with Crippen molar-refractivity contribution >= 4 is 37.5 Å². The molecule has 0 aliphatic rings. The van der Waals surface area contributed by atoms with Gasteiger partial charge >= 0.3 is 0 Å². The van der Waals surface area contributed by atoms with Crippen LogP contribution in [0.5, 0.6) is 0 Å². The van der Waals surface area contributed by atoms with Gasteiger partial charge in [0.2, 0.25) is 5.91 Å². The van der Waals surface area contributed by atoms with Crippen molar-refractivity contribution in [3.05, 3.63) is 95.0 Å². The molecule has 150 valence electrons. The summed E-state index contributed by atoms with van der Waals surface area (Å²) in [6, 6.07) is 24.7. The van der Waals surface area contributed by atoms with Crippen LogP contribution >= 0.6 is 15.9 Å². The van der Waals surface area contributed by atoms with Crippen LogP contribution in [0.25, 0.3) is 0 Å². The number of carbonyl (C=O) groups excluding carboxylic acids is 1. The molecule has 0 aliphatic heterocycles. The maximum atomic E-state index is 13.2. The van der Waals surface area contributed by atoms with Gasteiger partial charge in [0.05, 0.1) is 10.6 Å². The lowest BCUT2D eigenvalue weighted by molar-refractivity contribution is -0.119. The summed E-state index contributed by atoms with van der Waals surface area (Å²) in [4.78, 5) is 12.7. The van der Waals surface area contributed by atoms with Crippen molar-refractivity contribution in [3.63, 3.8) is 0 Å². The topological polar surface area (TPSA) is 66.5 Å². The van der Waals surface area contributed by atoms with Crippen molar-refractivity contribution in [2.24, 2.45) is 0 Å². The van der Waals surface area contributed by atoms with Crippen LogP contribution in [0.3, 0.4) is 0 Å². The first-order chi connectivity index (χ1) is 14.0. The number of rotatable bonds is 8. The standard InChI is InChI=1S/C22H21BrN2O3S/c23-19-11-13-20(14-12-19)25(29(27,28)21-9-5-2-6-10-21)17-22(26)24-16-15-18-7-3-1-4-8-18/h1-14H,15-17H2,(H,24,26). The second kappa shape index (κ2) is 9.71. The third kappa shape index (κ3) is 5.68. The highest BCUT2D eigenvalue weighted by Gasteiger charge is 2.26. The van der Waals surface area contributed by atoms with Crippen LogP contribution in [0.4, 0.5) is 5.69 Å². The third-order valence-electron chi connectivity index (χ3n) is 4.31. The van der Waals surface area contributed by atoms with Gasteiger partial charge in [-0.25, -0.2) is 8.42 Å². The number of hydrogen-bond donors (Lipinski definition) is 1. The number of anilines is 1. The lowest BCUT2D eigenvalue weighted by Gasteiger charge is -2.24. The van der Waals surface area contributed by atoms with Gasteiger partial charge in [-0.1, -0.05) is 64.5 Å². The molecule has 0 aliphatic carbocycles. The van der Waals surface area contributed by atoms with E-state index in [-0.39, 0.29) is 17.3 Å². The van der Waals surface area contributed by atoms with Gasteiger partial charge in [0.15, 0.2) is 0 Å². The van der Waals surface area contributed by atoms with Crippen LogP contribution < -0.4 is 9.62 Å². The van der Waals surface area contributed by atoms with Gasteiger partial charge in [-0.3, -0.25) is 9.10 Å². The minimum atomic E-state index is -3.88. The van der Waals surface area contributed by atoms with Crippen molar-refractivity contribution in [2.75, 3.05) is 17.4 Å². The van der Waals surface area contributed by atoms with Crippen LogP contribution in [-0.2, 0) is 21.2 Å². The summed E-state index contributed by atoms with van der Waals surface area (Å²) in [6.07, 6.45) is 0.677. The monoisotopic (exact) mass is 472 g/mol. The molecule has 0 bridgehead atoms. The highest BCUT2D eigenvalue weighted by molar-refractivity contribution is 9.10. The second-order valence-corrected chi connectivity index (χ2v) is 9.16. The van der Waals surface area contributed by atoms with Gasteiger partial charge in [-0.15, -0.1) is 0 Å². The average molecular weight is 473 g/mol. The molecule has 3 aromatic rings. The first-order valence-electron chi connectivity index (χ1n) is 9.11. The van der Waals surface area contributed by atoms with E-state index >= 15 is 0 Å². The number of carbonyl (C=O) groups is 1. The van der Waals surface area contributed by atoms with Gasteiger partial charge in [0.25, 0.3) is 10.0 Å². The van der Waals surface area contributed by atoms with E-state index in [9.17, 15) is 13.2 Å². The van der Waals surface area contributed by atoms with Crippen molar-refractivity contribution in [1.82, 2.24) is 5.32 Å². The van der Waals surface area contributed by atoms with Crippen molar-refractivity contribution in [3.8, 4) is 0 Å². The average Bonchev–Trinajstić information content (AvgIpc) is 2.74. The number of nitrogens with one attached hydrogen (secondary N) is 1. The highest BCUT2D eigenvalue weighted by atomic mass is 79.9. The van der Waals surface area contributed by atoms with Crippen LogP contribution in [0.2, 0.25) is 0 Å². The van der Waals surface area contributed by atoms with E-state index < -0.39 is 10.0 Å². The minimum Gasteiger partial charge on any atom is -0.354 e. The summed E-state index contributed by atoms with van der Waals surface area (Å²) in [5.74, 6) is -0.358. The van der Waals surface area contributed by atoms with Gasteiger partial charge in [0.1, 0.15) is 6.54 Å². The maximum Gasteiger partial charge on any atom is 0.264 e. The third-order valence-corrected chi connectivity index (χ3v) is 6.63. The Balaban J connectivity index is 1.76. The fourth-order valence-electron chi connectivity index (χ4n) is 2.82. The molecule has 0 saturated heterocycles. The van der Waals surface area contributed by atoms with E-state index in [1.165, 1.54) is 12.1 Å². The summed E-state index contributed by atoms with van der Waals surface area (Å²) >= 11 is 3.35. The van der Waals surface area contributed by atoms with Gasteiger partial charge in [-0.2, -0.15) is 0 Å². The number of nitrogens with zero attached hydrogens (tertiary/aromatic N) is 1. The molecule has 0 saturated carbocycles. The number of sulfonamides is 1. The van der Waals surface area contributed by atoms with E-state index in [1.54, 1.807) is 42.5 Å². The first-order valence-corrected chi connectivity index (χ1v) is 11.3.